The number of nitrogens with zero attached hydrogens (tertiary/aromatic N) is 2. The SMILES string of the molecule is CC(C)C(=O)N1CC[C@@H]2COCCN(C)[C@@H]2C1. The number of likely N-dealkylation sites (N-methyl/N-ethyl adjacent to an activating group) is 1. The van der Waals surface area contributed by atoms with Crippen molar-refractivity contribution < 1.29 is 9.53 Å². The molecule has 0 aromatic carbocycles. The summed E-state index contributed by atoms with van der Waals surface area (Å²) in [6, 6.07) is 0.481. The molecule has 4 heteroatoms. The van der Waals surface area contributed by atoms with E-state index in [-0.39, 0.29) is 5.92 Å². The fourth-order valence-corrected chi connectivity index (χ4v) is 2.85. The molecule has 17 heavy (non-hydrogen) atoms. The summed E-state index contributed by atoms with van der Waals surface area (Å²) >= 11 is 0. The summed E-state index contributed by atoms with van der Waals surface area (Å²) in [5.74, 6) is 1.000. The summed E-state index contributed by atoms with van der Waals surface area (Å²) in [5, 5.41) is 0. The molecule has 2 fully saturated rings. The van der Waals surface area contributed by atoms with E-state index >= 15 is 0 Å². The number of fused-ring (bicyclic) bond motifs is 1. The normalized spacial score (nSPS) is 31.2. The topological polar surface area (TPSA) is 32.8 Å². The van der Waals surface area contributed by atoms with E-state index in [0.717, 1.165) is 39.3 Å². The van der Waals surface area contributed by atoms with Crippen molar-refractivity contribution in [1.82, 2.24) is 9.80 Å². The third-order valence-corrected chi connectivity index (χ3v) is 4.01. The molecule has 0 radical (unpaired) electrons. The molecular weight excluding hydrogens is 216 g/mol. The van der Waals surface area contributed by atoms with Crippen molar-refractivity contribution in [2.75, 3.05) is 39.9 Å². The molecule has 98 valence electrons. The standard InChI is InChI=1S/C13H24N2O2/c1-10(2)13(16)15-5-4-11-9-17-7-6-14(3)12(11)8-15/h10-12H,4-9H2,1-3H3/t11-,12-/m1/s1. The zero-order valence-electron chi connectivity index (χ0n) is 11.2. The van der Waals surface area contributed by atoms with Crippen LogP contribution in [0, 0.1) is 11.8 Å². The van der Waals surface area contributed by atoms with Crippen LogP contribution in [0.5, 0.6) is 0 Å². The quantitative estimate of drug-likeness (QED) is 0.680. The van der Waals surface area contributed by atoms with Crippen LogP contribution in [0.25, 0.3) is 0 Å². The lowest BCUT2D eigenvalue weighted by Gasteiger charge is -2.41. The van der Waals surface area contributed by atoms with Crippen LogP contribution >= 0.6 is 0 Å². The van der Waals surface area contributed by atoms with E-state index in [1.54, 1.807) is 0 Å². The van der Waals surface area contributed by atoms with Gasteiger partial charge in [0.1, 0.15) is 0 Å². The Morgan fingerprint density at radius 1 is 1.35 bits per heavy atom. The van der Waals surface area contributed by atoms with Gasteiger partial charge in [0.15, 0.2) is 0 Å². The third kappa shape index (κ3) is 2.80. The molecule has 2 heterocycles. The van der Waals surface area contributed by atoms with Crippen molar-refractivity contribution in [2.45, 2.75) is 26.3 Å². The van der Waals surface area contributed by atoms with Gasteiger partial charge in [0.2, 0.25) is 5.91 Å². The van der Waals surface area contributed by atoms with Gasteiger partial charge in [-0.3, -0.25) is 9.69 Å². The minimum Gasteiger partial charge on any atom is -0.380 e. The van der Waals surface area contributed by atoms with Gasteiger partial charge in [-0.15, -0.1) is 0 Å². The van der Waals surface area contributed by atoms with Crippen molar-refractivity contribution in [2.24, 2.45) is 11.8 Å². The lowest BCUT2D eigenvalue weighted by molar-refractivity contribution is -0.137. The van der Waals surface area contributed by atoms with Gasteiger partial charge in [-0.1, -0.05) is 13.8 Å². The molecule has 4 nitrogen and oxygen atoms in total. The van der Waals surface area contributed by atoms with Gasteiger partial charge in [0.25, 0.3) is 0 Å². The van der Waals surface area contributed by atoms with E-state index in [1.807, 2.05) is 18.7 Å². The maximum absolute atomic E-state index is 12.0. The van der Waals surface area contributed by atoms with E-state index in [9.17, 15) is 4.79 Å². The second-order valence-corrected chi connectivity index (χ2v) is 5.61. The van der Waals surface area contributed by atoms with Gasteiger partial charge in [-0.2, -0.15) is 0 Å². The van der Waals surface area contributed by atoms with Gasteiger partial charge in [0.05, 0.1) is 13.2 Å². The van der Waals surface area contributed by atoms with E-state index in [1.165, 1.54) is 0 Å². The molecule has 0 unspecified atom stereocenters. The van der Waals surface area contributed by atoms with Crippen molar-refractivity contribution in [3.63, 3.8) is 0 Å². The Labute approximate surface area is 104 Å². The van der Waals surface area contributed by atoms with E-state index in [2.05, 4.69) is 11.9 Å². The Morgan fingerprint density at radius 2 is 2.12 bits per heavy atom. The number of rotatable bonds is 1. The van der Waals surface area contributed by atoms with E-state index < -0.39 is 0 Å². The highest BCUT2D eigenvalue weighted by Gasteiger charge is 2.35. The maximum atomic E-state index is 12.0. The van der Waals surface area contributed by atoms with Crippen LogP contribution in [0.2, 0.25) is 0 Å². The van der Waals surface area contributed by atoms with Gasteiger partial charge in [-0.05, 0) is 13.5 Å². The van der Waals surface area contributed by atoms with Gasteiger partial charge >= 0.3 is 0 Å². The van der Waals surface area contributed by atoms with Gasteiger partial charge in [0, 0.05) is 37.5 Å². The predicted octanol–water partition coefficient (Wildman–Crippen LogP) is 0.821. The Bertz CT molecular complexity index is 281. The molecule has 1 amide bonds. The van der Waals surface area contributed by atoms with Crippen LogP contribution in [0.1, 0.15) is 20.3 Å². The van der Waals surface area contributed by atoms with Crippen LogP contribution < -0.4 is 0 Å². The highest BCUT2D eigenvalue weighted by Crippen LogP contribution is 2.24. The lowest BCUT2D eigenvalue weighted by Crippen LogP contribution is -2.54. The Kier molecular flexibility index (Phi) is 4.05. The van der Waals surface area contributed by atoms with Crippen LogP contribution in [0.4, 0.5) is 0 Å². The van der Waals surface area contributed by atoms with E-state index in [4.69, 9.17) is 4.74 Å². The Morgan fingerprint density at radius 3 is 2.82 bits per heavy atom. The first-order valence-electron chi connectivity index (χ1n) is 6.66. The third-order valence-electron chi connectivity index (χ3n) is 4.01. The highest BCUT2D eigenvalue weighted by atomic mass is 16.5. The first-order valence-corrected chi connectivity index (χ1v) is 6.66. The first kappa shape index (κ1) is 12.8. The fraction of sp³-hybridized carbons (Fsp3) is 0.923. The van der Waals surface area contributed by atoms with Crippen LogP contribution in [-0.4, -0.2) is 61.6 Å². The molecule has 0 aromatic rings. The molecule has 0 saturated carbocycles. The Hall–Kier alpha value is -0.610. The molecule has 0 aromatic heterocycles. The second kappa shape index (κ2) is 5.36. The second-order valence-electron chi connectivity index (χ2n) is 5.61. The van der Waals surface area contributed by atoms with Crippen LogP contribution in [0.15, 0.2) is 0 Å². The molecule has 0 aliphatic carbocycles. The zero-order chi connectivity index (χ0) is 12.4. The highest BCUT2D eigenvalue weighted by molar-refractivity contribution is 5.78. The van der Waals surface area contributed by atoms with Crippen LogP contribution in [0.3, 0.4) is 0 Å². The number of carbonyl (C=O) groups excluding carboxylic acids is 1. The summed E-state index contributed by atoms with van der Waals surface area (Å²) in [4.78, 5) is 16.4. The average molecular weight is 240 g/mol. The fourth-order valence-electron chi connectivity index (χ4n) is 2.85. The minimum atomic E-state index is 0.110. The van der Waals surface area contributed by atoms with Gasteiger partial charge in [-0.25, -0.2) is 0 Å². The summed E-state index contributed by atoms with van der Waals surface area (Å²) in [7, 11) is 2.15. The molecule has 0 spiro atoms. The molecule has 2 aliphatic heterocycles. The summed E-state index contributed by atoms with van der Waals surface area (Å²) in [6.07, 6.45) is 1.08. The van der Waals surface area contributed by atoms with Crippen molar-refractivity contribution in [3.8, 4) is 0 Å². The number of carbonyl (C=O) groups is 1. The van der Waals surface area contributed by atoms with Crippen LogP contribution in [-0.2, 0) is 9.53 Å². The number of likely N-dealkylation sites (tertiary alicyclic amines) is 1. The minimum absolute atomic E-state index is 0.110. The van der Waals surface area contributed by atoms with Crippen molar-refractivity contribution >= 4 is 5.91 Å². The van der Waals surface area contributed by atoms with E-state index in [0.29, 0.717) is 17.9 Å². The molecule has 0 bridgehead atoms. The molecule has 2 atom stereocenters. The monoisotopic (exact) mass is 240 g/mol. The number of hydrogen-bond acceptors (Lipinski definition) is 3. The van der Waals surface area contributed by atoms with Gasteiger partial charge < -0.3 is 9.64 Å². The number of piperidine rings is 1. The van der Waals surface area contributed by atoms with Crippen molar-refractivity contribution in [3.05, 3.63) is 0 Å². The summed E-state index contributed by atoms with van der Waals surface area (Å²) < 4.78 is 5.63. The average Bonchev–Trinajstić information content (AvgIpc) is 2.50. The summed E-state index contributed by atoms with van der Waals surface area (Å²) in [6.45, 7) is 8.39. The number of amides is 1. The lowest BCUT2D eigenvalue weighted by atomic mass is 9.91. The molecule has 2 rings (SSSR count). The zero-order valence-corrected chi connectivity index (χ0v) is 11.2. The largest absolute Gasteiger partial charge is 0.380 e. The molecule has 2 aliphatic rings. The predicted molar refractivity (Wildman–Crippen MR) is 66.8 cm³/mol. The first-order chi connectivity index (χ1) is 8.09. The summed E-state index contributed by atoms with van der Waals surface area (Å²) in [5.41, 5.74) is 0. The smallest absolute Gasteiger partial charge is 0.225 e. The van der Waals surface area contributed by atoms with Crippen molar-refractivity contribution in [1.29, 1.82) is 0 Å². The number of hydrogen-bond donors (Lipinski definition) is 0. The maximum Gasteiger partial charge on any atom is 0.225 e. The molecular formula is C13H24N2O2. The Balaban J connectivity index is 2.02. The number of ether oxygens (including phenoxy) is 1. The molecule has 0 N–H and O–H groups in total. The molecule has 2 saturated heterocycles.